The van der Waals surface area contributed by atoms with Gasteiger partial charge in [0.25, 0.3) is 0 Å². The van der Waals surface area contributed by atoms with Crippen molar-refractivity contribution in [2.24, 2.45) is 0 Å². The number of ether oxygens (including phenoxy) is 1. The molecule has 1 N–H and O–H groups in total. The van der Waals surface area contributed by atoms with E-state index in [9.17, 15) is 4.79 Å². The molecule has 100 valence electrons. The molecule has 1 heterocycles. The van der Waals surface area contributed by atoms with Gasteiger partial charge in [0.15, 0.2) is 0 Å². The van der Waals surface area contributed by atoms with Crippen LogP contribution in [0.2, 0.25) is 0 Å². The highest BCUT2D eigenvalue weighted by atomic mass is 127. The second kappa shape index (κ2) is 6.81. The first-order chi connectivity index (χ1) is 9.20. The molecule has 4 nitrogen and oxygen atoms in total. The van der Waals surface area contributed by atoms with Crippen LogP contribution in [0, 0.1) is 0 Å². The van der Waals surface area contributed by atoms with Crippen molar-refractivity contribution < 1.29 is 9.53 Å². The van der Waals surface area contributed by atoms with Crippen LogP contribution in [-0.4, -0.2) is 28.5 Å². The lowest BCUT2D eigenvalue weighted by molar-refractivity contribution is -0.139. The van der Waals surface area contributed by atoms with Crippen LogP contribution in [0.5, 0.6) is 0 Å². The molecule has 0 aliphatic rings. The second-order valence-electron chi connectivity index (χ2n) is 4.12. The van der Waals surface area contributed by atoms with Crippen LogP contribution in [0.3, 0.4) is 0 Å². The predicted molar refractivity (Wildman–Crippen MR) is 83.3 cm³/mol. The minimum absolute atomic E-state index is 0.178. The number of esters is 1. The third kappa shape index (κ3) is 3.87. The number of hydrogen-bond acceptors (Lipinski definition) is 4. The number of halogens is 1. The molecular formula is C14H15IN2O2. The third-order valence-corrected chi connectivity index (χ3v) is 3.69. The molecule has 1 unspecified atom stereocenters. The summed E-state index contributed by atoms with van der Waals surface area (Å²) in [6.45, 7) is 1.21. The van der Waals surface area contributed by atoms with Crippen molar-refractivity contribution in [3.05, 3.63) is 42.1 Å². The van der Waals surface area contributed by atoms with Gasteiger partial charge in [-0.05, 0) is 12.1 Å². The molecule has 2 rings (SSSR count). The molecule has 0 saturated heterocycles. The minimum atomic E-state index is -0.209. The van der Waals surface area contributed by atoms with Crippen LogP contribution in [0.15, 0.2) is 36.4 Å². The average molecular weight is 370 g/mol. The minimum Gasteiger partial charge on any atom is -0.468 e. The molecule has 0 bridgehead atoms. The molecule has 0 aliphatic heterocycles. The first-order valence-corrected chi connectivity index (χ1v) is 7.22. The Morgan fingerprint density at radius 2 is 2.16 bits per heavy atom. The van der Waals surface area contributed by atoms with Gasteiger partial charge in [0, 0.05) is 18.5 Å². The smallest absolute Gasteiger partial charge is 0.319 e. The van der Waals surface area contributed by atoms with Crippen LogP contribution < -0.4 is 5.32 Å². The molecule has 0 fully saturated rings. The van der Waals surface area contributed by atoms with E-state index in [0.717, 1.165) is 16.6 Å². The Balaban J connectivity index is 1.93. The number of para-hydroxylation sites is 1. The Kier molecular flexibility index (Phi) is 5.09. The van der Waals surface area contributed by atoms with Crippen LogP contribution in [0.4, 0.5) is 0 Å². The van der Waals surface area contributed by atoms with Crippen LogP contribution in [-0.2, 0) is 16.1 Å². The van der Waals surface area contributed by atoms with E-state index in [1.165, 1.54) is 7.11 Å². The molecule has 0 aliphatic carbocycles. The quantitative estimate of drug-likeness (QED) is 0.499. The SMILES string of the molecule is COC(=O)C(I)CNCc1ccc2ccccc2n1. The first kappa shape index (κ1) is 14.2. The van der Waals surface area contributed by atoms with E-state index < -0.39 is 0 Å². The zero-order valence-corrected chi connectivity index (χ0v) is 12.8. The fraction of sp³-hybridized carbons (Fsp3) is 0.286. The topological polar surface area (TPSA) is 51.2 Å². The molecule has 1 aromatic heterocycles. The van der Waals surface area contributed by atoms with Crippen LogP contribution in [0.25, 0.3) is 10.9 Å². The van der Waals surface area contributed by atoms with Gasteiger partial charge < -0.3 is 10.1 Å². The molecule has 0 radical (unpaired) electrons. The van der Waals surface area contributed by atoms with E-state index in [4.69, 9.17) is 0 Å². The first-order valence-electron chi connectivity index (χ1n) is 5.98. The average Bonchev–Trinajstić information content (AvgIpc) is 2.46. The molecule has 0 saturated carbocycles. The van der Waals surface area contributed by atoms with Gasteiger partial charge in [-0.2, -0.15) is 0 Å². The number of carbonyl (C=O) groups excluding carboxylic acids is 1. The number of benzene rings is 1. The highest BCUT2D eigenvalue weighted by Gasteiger charge is 2.13. The molecule has 5 heteroatoms. The van der Waals surface area contributed by atoms with E-state index in [2.05, 4.69) is 43.7 Å². The van der Waals surface area contributed by atoms with Crippen molar-refractivity contribution >= 4 is 39.5 Å². The van der Waals surface area contributed by atoms with Crippen molar-refractivity contribution in [2.75, 3.05) is 13.7 Å². The zero-order valence-electron chi connectivity index (χ0n) is 10.6. The van der Waals surface area contributed by atoms with Crippen molar-refractivity contribution in [1.29, 1.82) is 0 Å². The number of nitrogens with zero attached hydrogens (tertiary/aromatic N) is 1. The maximum absolute atomic E-state index is 11.2. The van der Waals surface area contributed by atoms with Crippen molar-refractivity contribution in [3.8, 4) is 0 Å². The Labute approximate surface area is 125 Å². The Morgan fingerprint density at radius 3 is 2.95 bits per heavy atom. The van der Waals surface area contributed by atoms with Gasteiger partial charge in [-0.25, -0.2) is 0 Å². The highest BCUT2D eigenvalue weighted by molar-refractivity contribution is 14.1. The molecule has 0 spiro atoms. The summed E-state index contributed by atoms with van der Waals surface area (Å²) in [5, 5.41) is 4.34. The number of aromatic nitrogens is 1. The Morgan fingerprint density at radius 1 is 1.37 bits per heavy atom. The van der Waals surface area contributed by atoms with Gasteiger partial charge in [0.2, 0.25) is 0 Å². The number of alkyl halides is 1. The van der Waals surface area contributed by atoms with Gasteiger partial charge in [-0.3, -0.25) is 9.78 Å². The number of rotatable bonds is 5. The molecule has 0 amide bonds. The Hall–Kier alpha value is -1.21. The Bertz CT molecular complexity index is 574. The highest BCUT2D eigenvalue weighted by Crippen LogP contribution is 2.11. The maximum atomic E-state index is 11.2. The number of fused-ring (bicyclic) bond motifs is 1. The molecule has 1 atom stereocenters. The summed E-state index contributed by atoms with van der Waals surface area (Å²) in [5.74, 6) is -0.209. The van der Waals surface area contributed by atoms with Gasteiger partial charge in [0.05, 0.1) is 18.3 Å². The van der Waals surface area contributed by atoms with E-state index in [1.54, 1.807) is 0 Å². The summed E-state index contributed by atoms with van der Waals surface area (Å²) < 4.78 is 4.49. The fourth-order valence-electron chi connectivity index (χ4n) is 1.74. The number of carbonyl (C=O) groups is 1. The monoisotopic (exact) mass is 370 g/mol. The number of nitrogens with one attached hydrogen (secondary N) is 1. The van der Waals surface area contributed by atoms with Crippen LogP contribution >= 0.6 is 22.6 Å². The lowest BCUT2D eigenvalue weighted by Crippen LogP contribution is -2.29. The summed E-state index contributed by atoms with van der Waals surface area (Å²) in [5.41, 5.74) is 1.95. The number of pyridine rings is 1. The molecule has 1 aromatic carbocycles. The van der Waals surface area contributed by atoms with Gasteiger partial charge >= 0.3 is 5.97 Å². The molecule has 2 aromatic rings. The number of methoxy groups -OCH3 is 1. The zero-order chi connectivity index (χ0) is 13.7. The van der Waals surface area contributed by atoms with E-state index in [-0.39, 0.29) is 9.89 Å². The van der Waals surface area contributed by atoms with Gasteiger partial charge in [0.1, 0.15) is 3.92 Å². The third-order valence-electron chi connectivity index (χ3n) is 2.74. The van der Waals surface area contributed by atoms with Gasteiger partial charge in [-0.15, -0.1) is 0 Å². The summed E-state index contributed by atoms with van der Waals surface area (Å²) in [6.07, 6.45) is 0. The molecular weight excluding hydrogens is 355 g/mol. The van der Waals surface area contributed by atoms with Crippen molar-refractivity contribution in [2.45, 2.75) is 10.5 Å². The van der Waals surface area contributed by atoms with E-state index in [0.29, 0.717) is 13.1 Å². The standard InChI is InChI=1S/C14H15IN2O2/c1-19-14(18)12(15)9-16-8-11-7-6-10-4-2-3-5-13(10)17-11/h2-7,12,16H,8-9H2,1H3. The normalized spacial score (nSPS) is 12.3. The lowest BCUT2D eigenvalue weighted by Gasteiger charge is -2.09. The van der Waals surface area contributed by atoms with E-state index >= 15 is 0 Å². The van der Waals surface area contributed by atoms with Crippen molar-refractivity contribution in [1.82, 2.24) is 10.3 Å². The van der Waals surface area contributed by atoms with Crippen molar-refractivity contribution in [3.63, 3.8) is 0 Å². The van der Waals surface area contributed by atoms with E-state index in [1.807, 2.05) is 30.3 Å². The summed E-state index contributed by atoms with van der Waals surface area (Å²) in [4.78, 5) is 15.8. The van der Waals surface area contributed by atoms with Gasteiger partial charge in [-0.1, -0.05) is 46.9 Å². The maximum Gasteiger partial charge on any atom is 0.319 e. The molecule has 19 heavy (non-hydrogen) atoms. The largest absolute Gasteiger partial charge is 0.468 e. The van der Waals surface area contributed by atoms with Crippen LogP contribution in [0.1, 0.15) is 5.69 Å². The fourth-order valence-corrected chi connectivity index (χ4v) is 2.31. The summed E-state index contributed by atoms with van der Waals surface area (Å²) in [7, 11) is 1.40. The number of hydrogen-bond donors (Lipinski definition) is 1. The predicted octanol–water partition coefficient (Wildman–Crippen LogP) is 2.30. The summed E-state index contributed by atoms with van der Waals surface area (Å²) >= 11 is 2.07. The summed E-state index contributed by atoms with van der Waals surface area (Å²) in [6, 6.07) is 12.1. The second-order valence-corrected chi connectivity index (χ2v) is 5.62. The lowest BCUT2D eigenvalue weighted by atomic mass is 10.2.